The number of likely N-dealkylation sites (tertiary alicyclic amines) is 1. The zero-order chi connectivity index (χ0) is 23.7. The van der Waals surface area contributed by atoms with E-state index in [0.29, 0.717) is 19.4 Å². The number of fused-ring (bicyclic) bond motifs is 3. The van der Waals surface area contributed by atoms with Crippen molar-refractivity contribution in [3.63, 3.8) is 0 Å². The fraction of sp³-hybridized carbons (Fsp3) is 0.423. The normalized spacial score (nSPS) is 23.4. The van der Waals surface area contributed by atoms with Gasteiger partial charge in [0.25, 0.3) is 0 Å². The number of amides is 2. The summed E-state index contributed by atoms with van der Waals surface area (Å²) in [6.07, 6.45) is 0.203. The van der Waals surface area contributed by atoms with Gasteiger partial charge in [0, 0.05) is 25.6 Å². The van der Waals surface area contributed by atoms with E-state index in [1.165, 1.54) is 11.1 Å². The van der Waals surface area contributed by atoms with E-state index in [4.69, 9.17) is 14.6 Å². The summed E-state index contributed by atoms with van der Waals surface area (Å²) in [5, 5.41) is 11.9. The van der Waals surface area contributed by atoms with Gasteiger partial charge in [-0.2, -0.15) is 0 Å². The Kier molecular flexibility index (Phi) is 6.24. The highest BCUT2D eigenvalue weighted by molar-refractivity contribution is 5.81. The van der Waals surface area contributed by atoms with E-state index < -0.39 is 18.0 Å². The Labute approximate surface area is 197 Å². The molecule has 178 valence electrons. The number of nitrogens with one attached hydrogen (secondary N) is 1. The molecule has 2 heterocycles. The number of hydrogen-bond donors (Lipinski definition) is 2. The molecule has 5 rings (SSSR count). The molecule has 0 radical (unpaired) electrons. The molecule has 2 saturated heterocycles. The van der Waals surface area contributed by atoms with Crippen molar-refractivity contribution < 1.29 is 29.0 Å². The average molecular weight is 465 g/mol. The zero-order valence-electron chi connectivity index (χ0n) is 18.8. The first-order valence-corrected chi connectivity index (χ1v) is 11.7. The van der Waals surface area contributed by atoms with Crippen LogP contribution in [-0.4, -0.2) is 66.9 Å². The molecule has 3 atom stereocenters. The van der Waals surface area contributed by atoms with Crippen LogP contribution in [0, 0.1) is 11.8 Å². The maximum atomic E-state index is 12.7. The second-order valence-corrected chi connectivity index (χ2v) is 9.20. The molecule has 8 heteroatoms. The highest BCUT2D eigenvalue weighted by Crippen LogP contribution is 2.44. The number of nitrogens with zero attached hydrogens (tertiary/aromatic N) is 1. The van der Waals surface area contributed by atoms with Crippen LogP contribution in [0.2, 0.25) is 0 Å². The van der Waals surface area contributed by atoms with E-state index in [1.807, 2.05) is 24.3 Å². The lowest BCUT2D eigenvalue weighted by Gasteiger charge is -2.19. The van der Waals surface area contributed by atoms with Crippen LogP contribution in [0.1, 0.15) is 29.9 Å². The first kappa shape index (κ1) is 22.4. The van der Waals surface area contributed by atoms with Gasteiger partial charge in [-0.15, -0.1) is 0 Å². The van der Waals surface area contributed by atoms with Crippen molar-refractivity contribution in [1.29, 1.82) is 0 Å². The summed E-state index contributed by atoms with van der Waals surface area (Å²) in [7, 11) is 0. The minimum atomic E-state index is -0.858. The van der Waals surface area contributed by atoms with Crippen LogP contribution >= 0.6 is 0 Å². The molecule has 2 aromatic carbocycles. The van der Waals surface area contributed by atoms with Gasteiger partial charge < -0.3 is 24.8 Å². The summed E-state index contributed by atoms with van der Waals surface area (Å²) in [6, 6.07) is 16.3. The van der Waals surface area contributed by atoms with E-state index in [9.17, 15) is 14.4 Å². The molecule has 2 N–H and O–H groups in total. The summed E-state index contributed by atoms with van der Waals surface area (Å²) in [5.74, 6) is -1.72. The maximum absolute atomic E-state index is 12.7. The van der Waals surface area contributed by atoms with Crippen LogP contribution in [0.5, 0.6) is 0 Å². The number of aliphatic carboxylic acids is 1. The van der Waals surface area contributed by atoms with E-state index in [0.717, 1.165) is 11.1 Å². The van der Waals surface area contributed by atoms with E-state index in [2.05, 4.69) is 29.6 Å². The second-order valence-electron chi connectivity index (χ2n) is 9.20. The van der Waals surface area contributed by atoms with Gasteiger partial charge in [0.05, 0.1) is 24.5 Å². The Morgan fingerprint density at radius 1 is 1.03 bits per heavy atom. The highest BCUT2D eigenvalue weighted by atomic mass is 16.5. The third kappa shape index (κ3) is 4.37. The van der Waals surface area contributed by atoms with Crippen molar-refractivity contribution in [3.8, 4) is 11.1 Å². The number of carbonyl (C=O) groups is 3. The largest absolute Gasteiger partial charge is 0.481 e. The van der Waals surface area contributed by atoms with Crippen LogP contribution in [0.3, 0.4) is 0 Å². The zero-order valence-corrected chi connectivity index (χ0v) is 18.8. The Morgan fingerprint density at radius 3 is 2.35 bits per heavy atom. The number of hydrogen-bond acceptors (Lipinski definition) is 5. The summed E-state index contributed by atoms with van der Waals surface area (Å²) in [5.41, 5.74) is 4.66. The fourth-order valence-electron chi connectivity index (χ4n) is 5.29. The molecular formula is C26H28N2O6. The Morgan fingerprint density at radius 2 is 1.71 bits per heavy atom. The molecule has 0 bridgehead atoms. The lowest BCUT2D eigenvalue weighted by Crippen LogP contribution is -2.36. The van der Waals surface area contributed by atoms with Crippen LogP contribution < -0.4 is 5.32 Å². The van der Waals surface area contributed by atoms with Gasteiger partial charge in [-0.25, -0.2) is 4.79 Å². The minimum Gasteiger partial charge on any atom is -0.481 e. The van der Waals surface area contributed by atoms with Gasteiger partial charge in [-0.05, 0) is 35.1 Å². The number of carboxylic acids is 1. The van der Waals surface area contributed by atoms with Crippen LogP contribution in [-0.2, 0) is 19.1 Å². The van der Waals surface area contributed by atoms with Crippen molar-refractivity contribution in [1.82, 2.24) is 10.2 Å². The molecule has 1 aliphatic carbocycles. The van der Waals surface area contributed by atoms with Crippen LogP contribution in [0.15, 0.2) is 48.5 Å². The quantitative estimate of drug-likeness (QED) is 0.681. The molecule has 2 fully saturated rings. The standard InChI is InChI=1S/C26H28N2O6/c29-24(28-10-9-16(13-28)25(30)31)17-11-18(33-14-17)12-27-26(32)34-15-23-21-7-3-1-5-19(21)20-6-2-4-8-22(20)23/h1-8,16-18,23H,9-15H2,(H,27,32)(H,30,31). The third-order valence-electron chi connectivity index (χ3n) is 7.10. The summed E-state index contributed by atoms with van der Waals surface area (Å²) < 4.78 is 11.3. The second kappa shape index (κ2) is 9.46. The van der Waals surface area contributed by atoms with Crippen LogP contribution in [0.25, 0.3) is 11.1 Å². The number of benzene rings is 2. The van der Waals surface area contributed by atoms with Crippen molar-refractivity contribution >= 4 is 18.0 Å². The lowest BCUT2D eigenvalue weighted by atomic mass is 9.98. The minimum absolute atomic E-state index is 0.00188. The molecule has 2 amide bonds. The van der Waals surface area contributed by atoms with Gasteiger partial charge in [0.2, 0.25) is 5.91 Å². The number of alkyl carbamates (subject to hydrolysis) is 1. The average Bonchev–Trinajstić information content (AvgIpc) is 3.59. The van der Waals surface area contributed by atoms with Crippen molar-refractivity contribution in [2.75, 3.05) is 32.8 Å². The molecule has 2 aliphatic heterocycles. The van der Waals surface area contributed by atoms with Crippen molar-refractivity contribution in [2.24, 2.45) is 11.8 Å². The maximum Gasteiger partial charge on any atom is 0.407 e. The molecule has 0 spiro atoms. The molecule has 8 nitrogen and oxygen atoms in total. The SMILES string of the molecule is O=C(NCC1CC(C(=O)N2CCC(C(=O)O)C2)CO1)OCC1c2ccccc2-c2ccccc21. The highest BCUT2D eigenvalue weighted by Gasteiger charge is 2.38. The van der Waals surface area contributed by atoms with Gasteiger partial charge in [-0.3, -0.25) is 9.59 Å². The van der Waals surface area contributed by atoms with E-state index >= 15 is 0 Å². The predicted octanol–water partition coefficient (Wildman–Crippen LogP) is 2.86. The van der Waals surface area contributed by atoms with Gasteiger partial charge in [-0.1, -0.05) is 48.5 Å². The summed E-state index contributed by atoms with van der Waals surface area (Å²) in [4.78, 5) is 37.8. The molecule has 3 aliphatic rings. The smallest absolute Gasteiger partial charge is 0.407 e. The first-order chi connectivity index (χ1) is 16.5. The molecule has 3 unspecified atom stereocenters. The first-order valence-electron chi connectivity index (χ1n) is 11.7. The third-order valence-corrected chi connectivity index (χ3v) is 7.10. The number of carbonyl (C=O) groups excluding carboxylic acids is 2. The Bertz CT molecular complexity index is 1060. The molecule has 0 aromatic heterocycles. The van der Waals surface area contributed by atoms with Gasteiger partial charge in [0.15, 0.2) is 0 Å². The van der Waals surface area contributed by atoms with Crippen molar-refractivity contribution in [3.05, 3.63) is 59.7 Å². The number of ether oxygens (including phenoxy) is 2. The Balaban J connectivity index is 1.09. The molecule has 0 saturated carbocycles. The van der Waals surface area contributed by atoms with Crippen molar-refractivity contribution in [2.45, 2.75) is 24.9 Å². The summed E-state index contributed by atoms with van der Waals surface area (Å²) >= 11 is 0. The molecule has 34 heavy (non-hydrogen) atoms. The topological polar surface area (TPSA) is 105 Å². The monoisotopic (exact) mass is 464 g/mol. The molecule has 2 aromatic rings. The molecular weight excluding hydrogens is 436 g/mol. The summed E-state index contributed by atoms with van der Waals surface area (Å²) in [6.45, 7) is 1.51. The number of rotatable bonds is 6. The fourth-order valence-corrected chi connectivity index (χ4v) is 5.29. The lowest BCUT2D eigenvalue weighted by molar-refractivity contribution is -0.141. The predicted molar refractivity (Wildman–Crippen MR) is 123 cm³/mol. The van der Waals surface area contributed by atoms with Gasteiger partial charge >= 0.3 is 12.1 Å². The Hall–Kier alpha value is -3.39. The van der Waals surface area contributed by atoms with E-state index in [1.54, 1.807) is 4.90 Å². The van der Waals surface area contributed by atoms with E-state index in [-0.39, 0.29) is 50.2 Å². The van der Waals surface area contributed by atoms with Crippen LogP contribution in [0.4, 0.5) is 4.79 Å². The van der Waals surface area contributed by atoms with Gasteiger partial charge in [0.1, 0.15) is 6.61 Å². The number of carboxylic acid groups (broad SMARTS) is 1.